The van der Waals surface area contributed by atoms with Crippen LogP contribution >= 0.6 is 11.6 Å². The summed E-state index contributed by atoms with van der Waals surface area (Å²) in [5.41, 5.74) is 7.42. The number of nitrogens with one attached hydrogen (secondary N) is 1. The Bertz CT molecular complexity index is 664. The molecule has 0 aliphatic carbocycles. The fourth-order valence-corrected chi connectivity index (χ4v) is 2.04. The zero-order valence-corrected chi connectivity index (χ0v) is 11.7. The highest BCUT2D eigenvalue weighted by Gasteiger charge is 2.08. The summed E-state index contributed by atoms with van der Waals surface area (Å²) in [6.07, 6.45) is 0. The van der Waals surface area contributed by atoms with Gasteiger partial charge < -0.3 is 16.2 Å². The first kappa shape index (κ1) is 14.9. The highest BCUT2D eigenvalue weighted by Crippen LogP contribution is 2.16. The Morgan fingerprint density at radius 3 is 2.33 bits per heavy atom. The van der Waals surface area contributed by atoms with Gasteiger partial charge in [-0.05, 0) is 35.9 Å². The van der Waals surface area contributed by atoms with Gasteiger partial charge in [-0.15, -0.1) is 0 Å². The molecule has 6 heteroatoms. The molecule has 5 nitrogen and oxygen atoms in total. The molecule has 0 fully saturated rings. The highest BCUT2D eigenvalue weighted by molar-refractivity contribution is 6.31. The molecule has 1 amide bonds. The van der Waals surface area contributed by atoms with Gasteiger partial charge in [-0.25, -0.2) is 4.79 Å². The number of carbonyl (C=O) groups is 2. The Balaban J connectivity index is 2.02. The molecule has 2 rings (SSSR count). The minimum Gasteiger partial charge on any atom is -0.478 e. The predicted molar refractivity (Wildman–Crippen MR) is 80.4 cm³/mol. The van der Waals surface area contributed by atoms with Crippen LogP contribution in [0.4, 0.5) is 5.69 Å². The number of anilines is 1. The van der Waals surface area contributed by atoms with Crippen molar-refractivity contribution in [1.82, 2.24) is 5.32 Å². The van der Waals surface area contributed by atoms with E-state index in [0.29, 0.717) is 16.3 Å². The monoisotopic (exact) mass is 304 g/mol. The van der Waals surface area contributed by atoms with E-state index in [-0.39, 0.29) is 18.0 Å². The van der Waals surface area contributed by atoms with Gasteiger partial charge in [0.25, 0.3) is 5.91 Å². The van der Waals surface area contributed by atoms with Crippen LogP contribution in [0.1, 0.15) is 26.3 Å². The molecule has 0 bridgehead atoms. The molecule has 0 aliphatic heterocycles. The maximum atomic E-state index is 12.0. The van der Waals surface area contributed by atoms with E-state index in [0.717, 1.165) is 5.56 Å². The number of amides is 1. The second-order valence-electron chi connectivity index (χ2n) is 4.46. The Labute approximate surface area is 126 Å². The van der Waals surface area contributed by atoms with Crippen molar-refractivity contribution in [2.24, 2.45) is 0 Å². The van der Waals surface area contributed by atoms with Crippen LogP contribution in [0.15, 0.2) is 42.5 Å². The Morgan fingerprint density at radius 1 is 1.10 bits per heavy atom. The molecule has 2 aromatic rings. The van der Waals surface area contributed by atoms with Crippen LogP contribution in [0.5, 0.6) is 0 Å². The van der Waals surface area contributed by atoms with E-state index in [9.17, 15) is 9.59 Å². The molecule has 108 valence electrons. The number of rotatable bonds is 4. The van der Waals surface area contributed by atoms with Crippen molar-refractivity contribution in [1.29, 1.82) is 0 Å². The van der Waals surface area contributed by atoms with Crippen molar-refractivity contribution in [3.63, 3.8) is 0 Å². The van der Waals surface area contributed by atoms with Crippen molar-refractivity contribution in [3.05, 3.63) is 64.2 Å². The van der Waals surface area contributed by atoms with Crippen LogP contribution in [0, 0.1) is 0 Å². The van der Waals surface area contributed by atoms with E-state index in [4.69, 9.17) is 22.4 Å². The van der Waals surface area contributed by atoms with E-state index >= 15 is 0 Å². The van der Waals surface area contributed by atoms with E-state index < -0.39 is 5.97 Å². The summed E-state index contributed by atoms with van der Waals surface area (Å²) in [5.74, 6) is -1.29. The van der Waals surface area contributed by atoms with Gasteiger partial charge in [0, 0.05) is 22.8 Å². The molecular formula is C15H13ClN2O3. The number of hydrogen-bond donors (Lipinski definition) is 3. The smallest absolute Gasteiger partial charge is 0.335 e. The van der Waals surface area contributed by atoms with Gasteiger partial charge in [-0.2, -0.15) is 0 Å². The number of halogens is 1. The van der Waals surface area contributed by atoms with Gasteiger partial charge in [0.05, 0.1) is 5.56 Å². The lowest BCUT2D eigenvalue weighted by Gasteiger charge is -2.07. The largest absolute Gasteiger partial charge is 0.478 e. The highest BCUT2D eigenvalue weighted by atomic mass is 35.5. The molecule has 4 N–H and O–H groups in total. The molecule has 0 radical (unpaired) electrons. The Morgan fingerprint density at radius 2 is 1.76 bits per heavy atom. The fourth-order valence-electron chi connectivity index (χ4n) is 1.79. The summed E-state index contributed by atoms with van der Waals surface area (Å²) in [6, 6.07) is 10.9. The van der Waals surface area contributed by atoms with Crippen molar-refractivity contribution in [2.45, 2.75) is 6.54 Å². The molecule has 0 aromatic heterocycles. The van der Waals surface area contributed by atoms with Gasteiger partial charge >= 0.3 is 5.97 Å². The first-order chi connectivity index (χ1) is 9.95. The molecule has 2 aromatic carbocycles. The first-order valence-electron chi connectivity index (χ1n) is 6.12. The summed E-state index contributed by atoms with van der Waals surface area (Å²) in [4.78, 5) is 22.7. The molecule has 21 heavy (non-hydrogen) atoms. The van der Waals surface area contributed by atoms with Gasteiger partial charge in [0.1, 0.15) is 0 Å². The molecule has 0 unspecified atom stereocenters. The number of carboxylic acids is 1. The number of carbonyl (C=O) groups excluding carboxylic acids is 1. The second kappa shape index (κ2) is 6.28. The van der Waals surface area contributed by atoms with Crippen LogP contribution in [0.3, 0.4) is 0 Å². The summed E-state index contributed by atoms with van der Waals surface area (Å²) in [6.45, 7) is 0.283. The van der Waals surface area contributed by atoms with E-state index in [1.807, 2.05) is 0 Å². The lowest BCUT2D eigenvalue weighted by atomic mass is 10.1. The summed E-state index contributed by atoms with van der Waals surface area (Å²) in [5, 5.41) is 11.9. The van der Waals surface area contributed by atoms with Crippen LogP contribution < -0.4 is 11.1 Å². The summed E-state index contributed by atoms with van der Waals surface area (Å²) < 4.78 is 0. The third-order valence-corrected chi connectivity index (χ3v) is 3.05. The number of nitrogen functional groups attached to an aromatic ring is 1. The number of carboxylic acid groups (broad SMARTS) is 1. The van der Waals surface area contributed by atoms with Gasteiger partial charge in [-0.3, -0.25) is 4.79 Å². The molecule has 0 spiro atoms. The third kappa shape index (κ3) is 3.97. The van der Waals surface area contributed by atoms with Gasteiger partial charge in [0.2, 0.25) is 0 Å². The minimum absolute atomic E-state index is 0.202. The van der Waals surface area contributed by atoms with Crippen LogP contribution in [0.25, 0.3) is 0 Å². The topological polar surface area (TPSA) is 92.4 Å². The quantitative estimate of drug-likeness (QED) is 0.757. The maximum absolute atomic E-state index is 12.0. The summed E-state index contributed by atoms with van der Waals surface area (Å²) in [7, 11) is 0. The standard InChI is InChI=1S/C15H13ClN2O3/c16-12-5-11(6-13(17)7-12)14(19)18-8-9-1-3-10(4-2-9)15(20)21/h1-7H,8,17H2,(H,18,19)(H,20,21). The number of aromatic carboxylic acids is 1. The lowest BCUT2D eigenvalue weighted by Crippen LogP contribution is -2.22. The predicted octanol–water partition coefficient (Wildman–Crippen LogP) is 2.55. The van der Waals surface area contributed by atoms with Crippen LogP contribution in [-0.4, -0.2) is 17.0 Å². The van der Waals surface area contributed by atoms with Crippen molar-refractivity contribution in [2.75, 3.05) is 5.73 Å². The Hall–Kier alpha value is -2.53. The number of benzene rings is 2. The second-order valence-corrected chi connectivity index (χ2v) is 4.89. The summed E-state index contributed by atoms with van der Waals surface area (Å²) >= 11 is 5.84. The zero-order valence-electron chi connectivity index (χ0n) is 11.0. The zero-order chi connectivity index (χ0) is 15.4. The van der Waals surface area contributed by atoms with Crippen molar-refractivity contribution < 1.29 is 14.7 Å². The average Bonchev–Trinajstić information content (AvgIpc) is 2.44. The van der Waals surface area contributed by atoms with E-state index in [2.05, 4.69) is 5.32 Å². The lowest BCUT2D eigenvalue weighted by molar-refractivity contribution is 0.0696. The average molecular weight is 305 g/mol. The minimum atomic E-state index is -0.986. The van der Waals surface area contributed by atoms with Crippen LogP contribution in [-0.2, 0) is 6.54 Å². The maximum Gasteiger partial charge on any atom is 0.335 e. The molecule has 0 aliphatic rings. The van der Waals surface area contributed by atoms with Crippen molar-refractivity contribution in [3.8, 4) is 0 Å². The Kier molecular flexibility index (Phi) is 4.45. The molecular weight excluding hydrogens is 292 g/mol. The van der Waals surface area contributed by atoms with Gasteiger partial charge in [-0.1, -0.05) is 23.7 Å². The van der Waals surface area contributed by atoms with Crippen LogP contribution in [0.2, 0.25) is 5.02 Å². The SMILES string of the molecule is Nc1cc(Cl)cc(C(=O)NCc2ccc(C(=O)O)cc2)c1. The van der Waals surface area contributed by atoms with E-state index in [1.165, 1.54) is 24.3 Å². The first-order valence-corrected chi connectivity index (χ1v) is 6.50. The number of nitrogens with two attached hydrogens (primary N) is 1. The molecule has 0 saturated heterocycles. The molecule has 0 heterocycles. The van der Waals surface area contributed by atoms with Crippen molar-refractivity contribution >= 4 is 29.2 Å². The fraction of sp³-hybridized carbons (Fsp3) is 0.0667. The normalized spacial score (nSPS) is 10.1. The van der Waals surface area contributed by atoms with Gasteiger partial charge in [0.15, 0.2) is 0 Å². The third-order valence-electron chi connectivity index (χ3n) is 2.84. The number of hydrogen-bond acceptors (Lipinski definition) is 3. The molecule has 0 atom stereocenters. The molecule has 0 saturated carbocycles. The van der Waals surface area contributed by atoms with E-state index in [1.54, 1.807) is 18.2 Å².